The fourth-order valence-electron chi connectivity index (χ4n) is 2.51. The van der Waals surface area contributed by atoms with Crippen molar-refractivity contribution in [3.8, 4) is 17.2 Å². The Morgan fingerprint density at radius 1 is 1.19 bits per heavy atom. The molecule has 0 fully saturated rings. The average Bonchev–Trinajstić information content (AvgIpc) is 3.14. The van der Waals surface area contributed by atoms with Crippen molar-refractivity contribution in [3.63, 3.8) is 0 Å². The van der Waals surface area contributed by atoms with E-state index in [1.165, 1.54) is 0 Å². The molecule has 27 heavy (non-hydrogen) atoms. The highest BCUT2D eigenvalue weighted by Gasteiger charge is 2.12. The Bertz CT molecular complexity index is 947. The van der Waals surface area contributed by atoms with Crippen molar-refractivity contribution in [1.82, 2.24) is 10.1 Å². The number of benzene rings is 2. The van der Waals surface area contributed by atoms with Gasteiger partial charge in [0.1, 0.15) is 5.75 Å². The molecule has 1 aromatic heterocycles. The maximum atomic E-state index is 12.2. The van der Waals surface area contributed by atoms with Crippen LogP contribution in [0, 0.1) is 13.8 Å². The number of hydrogen-bond donors (Lipinski definition) is 1. The summed E-state index contributed by atoms with van der Waals surface area (Å²) >= 11 is 0. The molecule has 140 valence electrons. The topological polar surface area (TPSA) is 77.2 Å². The largest absolute Gasteiger partial charge is 0.484 e. The molecular formula is C21H23N3O3. The smallest absolute Gasteiger partial charge is 0.262 e. The van der Waals surface area contributed by atoms with Gasteiger partial charge in [-0.3, -0.25) is 4.79 Å². The normalized spacial score (nSPS) is 10.9. The molecular weight excluding hydrogens is 342 g/mol. The predicted molar refractivity (Wildman–Crippen MR) is 104 cm³/mol. The van der Waals surface area contributed by atoms with Gasteiger partial charge in [-0.05, 0) is 49.2 Å². The van der Waals surface area contributed by atoms with Crippen LogP contribution in [0.3, 0.4) is 0 Å². The van der Waals surface area contributed by atoms with Gasteiger partial charge in [-0.15, -0.1) is 0 Å². The fourth-order valence-corrected chi connectivity index (χ4v) is 2.51. The van der Waals surface area contributed by atoms with E-state index in [0.29, 0.717) is 17.5 Å². The molecule has 0 spiro atoms. The molecule has 1 amide bonds. The van der Waals surface area contributed by atoms with E-state index in [1.807, 2.05) is 58.0 Å². The molecule has 3 rings (SSSR count). The lowest BCUT2D eigenvalue weighted by molar-refractivity contribution is -0.118. The van der Waals surface area contributed by atoms with E-state index < -0.39 is 0 Å². The number of aryl methyl sites for hydroxylation is 2. The Hall–Kier alpha value is -3.15. The number of carbonyl (C=O) groups is 1. The van der Waals surface area contributed by atoms with Crippen LogP contribution in [0.15, 0.2) is 47.0 Å². The second kappa shape index (κ2) is 8.03. The minimum absolute atomic E-state index is 0.0854. The van der Waals surface area contributed by atoms with Crippen molar-refractivity contribution in [2.75, 3.05) is 11.9 Å². The number of amides is 1. The van der Waals surface area contributed by atoms with E-state index in [9.17, 15) is 4.79 Å². The van der Waals surface area contributed by atoms with Gasteiger partial charge in [-0.2, -0.15) is 4.98 Å². The molecule has 6 heteroatoms. The number of nitrogens with zero attached hydrogens (tertiary/aromatic N) is 2. The Morgan fingerprint density at radius 3 is 2.74 bits per heavy atom. The summed E-state index contributed by atoms with van der Waals surface area (Å²) in [5.74, 6) is 1.63. The molecule has 0 saturated heterocycles. The van der Waals surface area contributed by atoms with Crippen LogP contribution in [0.1, 0.15) is 36.7 Å². The van der Waals surface area contributed by atoms with Gasteiger partial charge >= 0.3 is 0 Å². The second-order valence-corrected chi connectivity index (χ2v) is 6.80. The van der Waals surface area contributed by atoms with Crippen LogP contribution in [0.5, 0.6) is 5.75 Å². The molecule has 2 aromatic carbocycles. The van der Waals surface area contributed by atoms with Gasteiger partial charge in [0.25, 0.3) is 11.8 Å². The first-order chi connectivity index (χ1) is 12.9. The van der Waals surface area contributed by atoms with Crippen molar-refractivity contribution >= 4 is 11.6 Å². The van der Waals surface area contributed by atoms with Crippen LogP contribution < -0.4 is 10.1 Å². The van der Waals surface area contributed by atoms with E-state index in [4.69, 9.17) is 9.26 Å². The molecule has 0 atom stereocenters. The first kappa shape index (κ1) is 18.6. The zero-order chi connectivity index (χ0) is 19.4. The number of hydrogen-bond acceptors (Lipinski definition) is 5. The highest BCUT2D eigenvalue weighted by molar-refractivity contribution is 5.92. The lowest BCUT2D eigenvalue weighted by atomic mass is 10.1. The zero-order valence-corrected chi connectivity index (χ0v) is 15.9. The van der Waals surface area contributed by atoms with E-state index in [2.05, 4.69) is 15.5 Å². The third-order valence-corrected chi connectivity index (χ3v) is 4.08. The SMILES string of the molecule is Cc1ccc(C)c(NC(=O)COc2cccc(-c3nc(C(C)C)no3)c2)c1. The third-order valence-electron chi connectivity index (χ3n) is 4.08. The van der Waals surface area contributed by atoms with Crippen molar-refractivity contribution in [2.45, 2.75) is 33.6 Å². The minimum atomic E-state index is -0.214. The van der Waals surface area contributed by atoms with Crippen LogP contribution in [0.2, 0.25) is 0 Å². The van der Waals surface area contributed by atoms with Crippen LogP contribution in [-0.4, -0.2) is 22.7 Å². The van der Waals surface area contributed by atoms with E-state index in [1.54, 1.807) is 12.1 Å². The molecule has 0 aliphatic heterocycles. The van der Waals surface area contributed by atoms with E-state index in [-0.39, 0.29) is 18.4 Å². The van der Waals surface area contributed by atoms with E-state index in [0.717, 1.165) is 22.4 Å². The average molecular weight is 365 g/mol. The van der Waals surface area contributed by atoms with Gasteiger partial charge in [0, 0.05) is 17.2 Å². The van der Waals surface area contributed by atoms with Crippen molar-refractivity contribution in [3.05, 3.63) is 59.4 Å². The lowest BCUT2D eigenvalue weighted by Gasteiger charge is -2.10. The van der Waals surface area contributed by atoms with Gasteiger partial charge in [-0.25, -0.2) is 0 Å². The zero-order valence-electron chi connectivity index (χ0n) is 15.9. The Labute approximate surface area is 158 Å². The number of nitrogens with one attached hydrogen (secondary N) is 1. The molecule has 6 nitrogen and oxygen atoms in total. The maximum absolute atomic E-state index is 12.2. The number of aromatic nitrogens is 2. The van der Waals surface area contributed by atoms with Gasteiger partial charge < -0.3 is 14.6 Å². The van der Waals surface area contributed by atoms with Crippen molar-refractivity contribution < 1.29 is 14.1 Å². The van der Waals surface area contributed by atoms with Gasteiger partial charge in [0.2, 0.25) is 0 Å². The number of rotatable bonds is 6. The fraction of sp³-hybridized carbons (Fsp3) is 0.286. The molecule has 3 aromatic rings. The molecule has 0 saturated carbocycles. The number of anilines is 1. The maximum Gasteiger partial charge on any atom is 0.262 e. The third kappa shape index (κ3) is 4.73. The molecule has 0 bridgehead atoms. The Kier molecular flexibility index (Phi) is 5.54. The molecule has 0 unspecified atom stereocenters. The highest BCUT2D eigenvalue weighted by atomic mass is 16.5. The van der Waals surface area contributed by atoms with Crippen LogP contribution in [-0.2, 0) is 4.79 Å². The summed E-state index contributed by atoms with van der Waals surface area (Å²) < 4.78 is 10.9. The Balaban J connectivity index is 1.64. The van der Waals surface area contributed by atoms with E-state index >= 15 is 0 Å². The summed E-state index contributed by atoms with van der Waals surface area (Å²) in [7, 11) is 0. The van der Waals surface area contributed by atoms with Crippen LogP contribution in [0.4, 0.5) is 5.69 Å². The summed E-state index contributed by atoms with van der Waals surface area (Å²) in [6.07, 6.45) is 0. The van der Waals surface area contributed by atoms with Crippen molar-refractivity contribution in [1.29, 1.82) is 0 Å². The molecule has 0 radical (unpaired) electrons. The van der Waals surface area contributed by atoms with Crippen LogP contribution in [0.25, 0.3) is 11.5 Å². The van der Waals surface area contributed by atoms with Crippen LogP contribution >= 0.6 is 0 Å². The minimum Gasteiger partial charge on any atom is -0.484 e. The monoisotopic (exact) mass is 365 g/mol. The summed E-state index contributed by atoms with van der Waals surface area (Å²) in [5.41, 5.74) is 3.64. The van der Waals surface area contributed by atoms with Gasteiger partial charge in [0.05, 0.1) is 0 Å². The summed E-state index contributed by atoms with van der Waals surface area (Å²) in [5, 5.41) is 6.85. The van der Waals surface area contributed by atoms with Gasteiger partial charge in [-0.1, -0.05) is 37.2 Å². The lowest BCUT2D eigenvalue weighted by Crippen LogP contribution is -2.20. The summed E-state index contributed by atoms with van der Waals surface area (Å²) in [6, 6.07) is 13.2. The number of carbonyl (C=O) groups excluding carboxylic acids is 1. The summed E-state index contributed by atoms with van der Waals surface area (Å²) in [4.78, 5) is 16.6. The summed E-state index contributed by atoms with van der Waals surface area (Å²) in [6.45, 7) is 7.86. The molecule has 1 N–H and O–H groups in total. The van der Waals surface area contributed by atoms with Gasteiger partial charge in [0.15, 0.2) is 12.4 Å². The first-order valence-electron chi connectivity index (χ1n) is 8.86. The standard InChI is InChI=1S/C21H23N3O3/c1-13(2)20-23-21(27-24-20)16-6-5-7-17(11-16)26-12-19(25)22-18-10-14(3)8-9-15(18)4/h5-11,13H,12H2,1-4H3,(H,22,25). The second-order valence-electron chi connectivity index (χ2n) is 6.80. The van der Waals surface area contributed by atoms with Crippen molar-refractivity contribution in [2.24, 2.45) is 0 Å². The highest BCUT2D eigenvalue weighted by Crippen LogP contribution is 2.24. The number of ether oxygens (including phenoxy) is 1. The quantitative estimate of drug-likeness (QED) is 0.696. The molecule has 1 heterocycles. The Morgan fingerprint density at radius 2 is 2.00 bits per heavy atom. The molecule has 0 aliphatic carbocycles. The molecule has 0 aliphatic rings. The first-order valence-corrected chi connectivity index (χ1v) is 8.86. The predicted octanol–water partition coefficient (Wildman–Crippen LogP) is 4.49.